The topological polar surface area (TPSA) is 81.9 Å². The smallest absolute Gasteiger partial charge is 0.238 e. The number of nitrogens with zero attached hydrogens (tertiary/aromatic N) is 4. The highest BCUT2D eigenvalue weighted by Gasteiger charge is 2.08. The predicted octanol–water partition coefficient (Wildman–Crippen LogP) is 4.25. The van der Waals surface area contributed by atoms with E-state index in [1.165, 1.54) is 0 Å². The second kappa shape index (κ2) is 8.57. The second-order valence-electron chi connectivity index (χ2n) is 6.85. The maximum atomic E-state index is 12.2. The van der Waals surface area contributed by atoms with E-state index in [-0.39, 0.29) is 5.91 Å². The van der Waals surface area contributed by atoms with Crippen LogP contribution in [-0.4, -0.2) is 25.7 Å². The van der Waals surface area contributed by atoms with Crippen LogP contribution >= 0.6 is 0 Å². The van der Waals surface area contributed by atoms with E-state index in [1.807, 2.05) is 54.8 Å². The van der Waals surface area contributed by atoms with Crippen LogP contribution in [0.15, 0.2) is 73.1 Å². The summed E-state index contributed by atoms with van der Waals surface area (Å²) in [4.78, 5) is 16.4. The van der Waals surface area contributed by atoms with Gasteiger partial charge >= 0.3 is 0 Å². The Bertz CT molecular complexity index is 1140. The number of aryl methyl sites for hydroxylation is 1. The average Bonchev–Trinajstić information content (AvgIpc) is 3.09. The number of anilines is 1. The van der Waals surface area contributed by atoms with Crippen molar-refractivity contribution in [2.24, 2.45) is 0 Å². The van der Waals surface area contributed by atoms with E-state index in [0.717, 1.165) is 17.0 Å². The summed E-state index contributed by atoms with van der Waals surface area (Å²) in [7, 11) is 0. The molecule has 4 rings (SSSR count). The minimum atomic E-state index is -0.0682. The summed E-state index contributed by atoms with van der Waals surface area (Å²) in [5.41, 5.74) is 3.64. The van der Waals surface area contributed by atoms with Crippen molar-refractivity contribution in [1.82, 2.24) is 19.7 Å². The van der Waals surface area contributed by atoms with Crippen LogP contribution in [0.2, 0.25) is 0 Å². The molecule has 0 unspecified atom stereocenters. The van der Waals surface area contributed by atoms with Crippen molar-refractivity contribution >= 4 is 11.6 Å². The molecule has 2 aromatic heterocycles. The zero-order valence-corrected chi connectivity index (χ0v) is 16.7. The van der Waals surface area contributed by atoms with Crippen LogP contribution < -0.4 is 10.1 Å². The number of hydrogen-bond acceptors (Lipinski definition) is 5. The third-order valence-electron chi connectivity index (χ3n) is 4.69. The van der Waals surface area contributed by atoms with Gasteiger partial charge in [-0.25, -0.2) is 4.98 Å². The summed E-state index contributed by atoms with van der Waals surface area (Å²) in [5, 5.41) is 11.2. The van der Waals surface area contributed by atoms with Crippen molar-refractivity contribution < 1.29 is 9.53 Å². The molecule has 0 aliphatic carbocycles. The number of hydrogen-bond donors (Lipinski definition) is 1. The van der Waals surface area contributed by atoms with E-state index in [2.05, 4.69) is 20.5 Å². The molecule has 0 radical (unpaired) electrons. The molecule has 4 aromatic rings. The zero-order valence-electron chi connectivity index (χ0n) is 16.7. The third-order valence-corrected chi connectivity index (χ3v) is 4.69. The molecule has 0 saturated heterocycles. The van der Waals surface area contributed by atoms with Gasteiger partial charge in [-0.05, 0) is 49.7 Å². The first-order chi connectivity index (χ1) is 14.6. The number of ether oxygens (including phenoxy) is 1. The monoisotopic (exact) mass is 399 g/mol. The molecule has 0 bridgehead atoms. The summed E-state index contributed by atoms with van der Waals surface area (Å²) in [5.74, 6) is 1.60. The van der Waals surface area contributed by atoms with E-state index >= 15 is 0 Å². The fourth-order valence-corrected chi connectivity index (χ4v) is 2.94. The lowest BCUT2D eigenvalue weighted by Gasteiger charge is -2.08. The van der Waals surface area contributed by atoms with E-state index < -0.39 is 0 Å². The SMILES string of the molecule is Cc1ncn(-c2ccc(Oc3ccc(NC(=O)Cc4ccccc4)cc3)nn2)c1C. The third kappa shape index (κ3) is 4.52. The van der Waals surface area contributed by atoms with E-state index in [0.29, 0.717) is 29.6 Å². The van der Waals surface area contributed by atoms with Crippen LogP contribution in [0.25, 0.3) is 5.82 Å². The van der Waals surface area contributed by atoms with Gasteiger partial charge in [0, 0.05) is 17.4 Å². The highest BCUT2D eigenvalue weighted by molar-refractivity contribution is 5.92. The molecule has 0 fully saturated rings. The Morgan fingerprint density at radius 3 is 2.37 bits per heavy atom. The number of carbonyl (C=O) groups is 1. The molecule has 0 aliphatic heterocycles. The molecule has 30 heavy (non-hydrogen) atoms. The average molecular weight is 399 g/mol. The Kier molecular flexibility index (Phi) is 5.52. The summed E-state index contributed by atoms with van der Waals surface area (Å²) < 4.78 is 7.62. The number of aromatic nitrogens is 4. The van der Waals surface area contributed by atoms with Crippen LogP contribution in [0.5, 0.6) is 11.6 Å². The van der Waals surface area contributed by atoms with Gasteiger partial charge in [0.2, 0.25) is 11.8 Å². The number of carbonyl (C=O) groups excluding carboxylic acids is 1. The van der Waals surface area contributed by atoms with Crippen LogP contribution in [0.1, 0.15) is 17.0 Å². The number of nitrogens with one attached hydrogen (secondary N) is 1. The van der Waals surface area contributed by atoms with Crippen molar-refractivity contribution in [2.45, 2.75) is 20.3 Å². The Balaban J connectivity index is 1.36. The van der Waals surface area contributed by atoms with Crippen molar-refractivity contribution in [2.75, 3.05) is 5.32 Å². The molecule has 7 nitrogen and oxygen atoms in total. The van der Waals surface area contributed by atoms with Gasteiger partial charge in [0.05, 0.1) is 12.1 Å². The van der Waals surface area contributed by atoms with E-state index in [1.54, 1.807) is 36.7 Å². The molecule has 150 valence electrons. The number of imidazole rings is 1. The Morgan fingerprint density at radius 1 is 0.967 bits per heavy atom. The first-order valence-electron chi connectivity index (χ1n) is 9.55. The molecule has 2 aromatic carbocycles. The summed E-state index contributed by atoms with van der Waals surface area (Å²) in [6.07, 6.45) is 2.05. The summed E-state index contributed by atoms with van der Waals surface area (Å²) in [6, 6.07) is 20.3. The molecule has 1 amide bonds. The fraction of sp³-hybridized carbons (Fsp3) is 0.130. The minimum Gasteiger partial charge on any atom is -0.438 e. The molecule has 7 heteroatoms. The maximum absolute atomic E-state index is 12.2. The second-order valence-corrected chi connectivity index (χ2v) is 6.85. The largest absolute Gasteiger partial charge is 0.438 e. The molecular formula is C23H21N5O2. The van der Waals surface area contributed by atoms with Crippen LogP contribution in [0.4, 0.5) is 5.69 Å². The molecule has 0 spiro atoms. The van der Waals surface area contributed by atoms with Gasteiger partial charge in [0.1, 0.15) is 12.1 Å². The van der Waals surface area contributed by atoms with Crippen LogP contribution in [0.3, 0.4) is 0 Å². The Labute approximate surface area is 174 Å². The van der Waals surface area contributed by atoms with Crippen LogP contribution in [0, 0.1) is 13.8 Å². The summed E-state index contributed by atoms with van der Waals surface area (Å²) >= 11 is 0. The van der Waals surface area contributed by atoms with Crippen molar-refractivity contribution in [3.05, 3.63) is 90.0 Å². The Morgan fingerprint density at radius 2 is 1.73 bits per heavy atom. The minimum absolute atomic E-state index is 0.0682. The fourth-order valence-electron chi connectivity index (χ4n) is 2.94. The van der Waals surface area contributed by atoms with Gasteiger partial charge in [0.25, 0.3) is 0 Å². The van der Waals surface area contributed by atoms with Crippen molar-refractivity contribution in [3.63, 3.8) is 0 Å². The standard InChI is InChI=1S/C23H21N5O2/c1-16-17(2)28(15-24-16)21-12-13-23(27-26-21)30-20-10-8-19(9-11-20)25-22(29)14-18-6-4-3-5-7-18/h3-13,15H,14H2,1-2H3,(H,25,29). The molecule has 1 N–H and O–H groups in total. The molecule has 0 aliphatic rings. The predicted molar refractivity (Wildman–Crippen MR) is 114 cm³/mol. The zero-order chi connectivity index (χ0) is 20.9. The lowest BCUT2D eigenvalue weighted by atomic mass is 10.1. The van der Waals surface area contributed by atoms with Gasteiger partial charge in [-0.3, -0.25) is 9.36 Å². The summed E-state index contributed by atoms with van der Waals surface area (Å²) in [6.45, 7) is 3.93. The quantitative estimate of drug-likeness (QED) is 0.524. The number of benzene rings is 2. The highest BCUT2D eigenvalue weighted by Crippen LogP contribution is 2.22. The number of amides is 1. The Hall–Kier alpha value is -4.00. The van der Waals surface area contributed by atoms with Crippen molar-refractivity contribution in [1.29, 1.82) is 0 Å². The maximum Gasteiger partial charge on any atom is 0.238 e. The molecule has 0 saturated carbocycles. The van der Waals surface area contributed by atoms with Gasteiger partial charge < -0.3 is 10.1 Å². The first-order valence-corrected chi connectivity index (χ1v) is 9.55. The first kappa shape index (κ1) is 19.3. The highest BCUT2D eigenvalue weighted by atomic mass is 16.5. The molecule has 2 heterocycles. The van der Waals surface area contributed by atoms with Gasteiger partial charge in [-0.15, -0.1) is 10.2 Å². The number of rotatable bonds is 6. The van der Waals surface area contributed by atoms with Crippen molar-refractivity contribution in [3.8, 4) is 17.4 Å². The van der Waals surface area contributed by atoms with Gasteiger partial charge in [-0.1, -0.05) is 30.3 Å². The normalized spacial score (nSPS) is 10.6. The van der Waals surface area contributed by atoms with Crippen LogP contribution in [-0.2, 0) is 11.2 Å². The van der Waals surface area contributed by atoms with Gasteiger partial charge in [-0.2, -0.15) is 0 Å². The lowest BCUT2D eigenvalue weighted by molar-refractivity contribution is -0.115. The molecular weight excluding hydrogens is 378 g/mol. The lowest BCUT2D eigenvalue weighted by Crippen LogP contribution is -2.14. The van der Waals surface area contributed by atoms with Gasteiger partial charge in [0.15, 0.2) is 5.82 Å². The van der Waals surface area contributed by atoms with E-state index in [9.17, 15) is 4.79 Å². The van der Waals surface area contributed by atoms with E-state index in [4.69, 9.17) is 4.74 Å². The molecule has 0 atom stereocenters.